The van der Waals surface area contributed by atoms with Gasteiger partial charge < -0.3 is 15.0 Å². The second-order valence-corrected chi connectivity index (χ2v) is 7.74. The number of nitrogens with zero attached hydrogens (tertiary/aromatic N) is 1. The standard InChI is InChI=1S/C20H32N2O2/c1-6-22(19(23)24-20(3,4)5)14-13-21-18(17-11-12-17)16-9-7-15(2)8-10-16/h7-10,17-18,21H,6,11-14H2,1-5H3. The van der Waals surface area contributed by atoms with Crippen LogP contribution in [0.4, 0.5) is 4.79 Å². The summed E-state index contributed by atoms with van der Waals surface area (Å²) in [6.45, 7) is 11.9. The molecular formula is C20H32N2O2. The lowest BCUT2D eigenvalue weighted by molar-refractivity contribution is 0.0260. The van der Waals surface area contributed by atoms with Crippen molar-refractivity contribution >= 4 is 6.09 Å². The van der Waals surface area contributed by atoms with E-state index in [1.54, 1.807) is 4.90 Å². The Bertz CT molecular complexity index is 530. The van der Waals surface area contributed by atoms with Crippen molar-refractivity contribution in [3.05, 3.63) is 35.4 Å². The molecule has 0 saturated heterocycles. The van der Waals surface area contributed by atoms with E-state index >= 15 is 0 Å². The van der Waals surface area contributed by atoms with Crippen molar-refractivity contribution in [1.29, 1.82) is 0 Å². The number of benzene rings is 1. The van der Waals surface area contributed by atoms with Crippen LogP contribution in [-0.4, -0.2) is 36.2 Å². The van der Waals surface area contributed by atoms with Gasteiger partial charge in [0.05, 0.1) is 0 Å². The third-order valence-corrected chi connectivity index (χ3v) is 4.31. The zero-order valence-electron chi connectivity index (χ0n) is 15.8. The average molecular weight is 332 g/mol. The Hall–Kier alpha value is -1.55. The molecular weight excluding hydrogens is 300 g/mol. The molecule has 2 rings (SSSR count). The van der Waals surface area contributed by atoms with Crippen LogP contribution in [0.15, 0.2) is 24.3 Å². The van der Waals surface area contributed by atoms with Crippen molar-refractivity contribution in [3.63, 3.8) is 0 Å². The highest BCUT2D eigenvalue weighted by Crippen LogP contribution is 2.40. The Morgan fingerprint density at radius 2 is 1.92 bits per heavy atom. The summed E-state index contributed by atoms with van der Waals surface area (Å²) >= 11 is 0. The summed E-state index contributed by atoms with van der Waals surface area (Å²) in [5.41, 5.74) is 2.19. The van der Waals surface area contributed by atoms with Crippen molar-refractivity contribution in [2.45, 2.75) is 59.1 Å². The van der Waals surface area contributed by atoms with E-state index in [9.17, 15) is 4.79 Å². The summed E-state index contributed by atoms with van der Waals surface area (Å²) in [5.74, 6) is 0.726. The molecule has 1 aromatic carbocycles. The molecule has 134 valence electrons. The normalized spacial score (nSPS) is 15.9. The average Bonchev–Trinajstić information content (AvgIpc) is 3.31. The lowest BCUT2D eigenvalue weighted by Crippen LogP contribution is -2.41. The van der Waals surface area contributed by atoms with Gasteiger partial charge in [-0.2, -0.15) is 0 Å². The van der Waals surface area contributed by atoms with Crippen molar-refractivity contribution in [2.75, 3.05) is 19.6 Å². The highest BCUT2D eigenvalue weighted by Gasteiger charge is 2.32. The van der Waals surface area contributed by atoms with E-state index in [0.29, 0.717) is 19.1 Å². The molecule has 0 aromatic heterocycles. The first-order valence-corrected chi connectivity index (χ1v) is 9.08. The van der Waals surface area contributed by atoms with Gasteiger partial charge in [-0.05, 0) is 58.9 Å². The van der Waals surface area contributed by atoms with Crippen LogP contribution in [0.2, 0.25) is 0 Å². The van der Waals surface area contributed by atoms with Gasteiger partial charge in [0.25, 0.3) is 0 Å². The number of likely N-dealkylation sites (N-methyl/N-ethyl adjacent to an activating group) is 1. The first-order valence-electron chi connectivity index (χ1n) is 9.08. The molecule has 4 nitrogen and oxygen atoms in total. The summed E-state index contributed by atoms with van der Waals surface area (Å²) in [6, 6.07) is 9.17. The molecule has 1 saturated carbocycles. The molecule has 1 atom stereocenters. The second-order valence-electron chi connectivity index (χ2n) is 7.74. The molecule has 0 heterocycles. The van der Waals surface area contributed by atoms with Crippen LogP contribution in [-0.2, 0) is 4.74 Å². The lowest BCUT2D eigenvalue weighted by Gasteiger charge is -2.27. The fourth-order valence-electron chi connectivity index (χ4n) is 2.82. The molecule has 4 heteroatoms. The van der Waals surface area contributed by atoms with Gasteiger partial charge in [0, 0.05) is 25.7 Å². The van der Waals surface area contributed by atoms with Crippen LogP contribution < -0.4 is 5.32 Å². The number of rotatable bonds is 7. The molecule has 1 aliphatic rings. The fourth-order valence-corrected chi connectivity index (χ4v) is 2.82. The summed E-state index contributed by atoms with van der Waals surface area (Å²) in [7, 11) is 0. The molecule has 1 aliphatic carbocycles. The maximum Gasteiger partial charge on any atom is 0.410 e. The third-order valence-electron chi connectivity index (χ3n) is 4.31. The fraction of sp³-hybridized carbons (Fsp3) is 0.650. The van der Waals surface area contributed by atoms with Crippen LogP contribution in [0.3, 0.4) is 0 Å². The summed E-state index contributed by atoms with van der Waals surface area (Å²) in [6.07, 6.45) is 2.34. The van der Waals surface area contributed by atoms with Gasteiger partial charge in [0.1, 0.15) is 5.60 Å². The lowest BCUT2D eigenvalue weighted by atomic mass is 10.0. The summed E-state index contributed by atoms with van der Waals surface area (Å²) in [4.78, 5) is 14.0. The zero-order valence-corrected chi connectivity index (χ0v) is 15.8. The molecule has 0 radical (unpaired) electrons. The number of hydrogen-bond donors (Lipinski definition) is 1. The maximum atomic E-state index is 12.2. The molecule has 0 bridgehead atoms. The highest BCUT2D eigenvalue weighted by atomic mass is 16.6. The van der Waals surface area contributed by atoms with Crippen molar-refractivity contribution in [2.24, 2.45) is 5.92 Å². The molecule has 0 aliphatic heterocycles. The maximum absolute atomic E-state index is 12.2. The van der Waals surface area contributed by atoms with Gasteiger partial charge in [0.2, 0.25) is 0 Å². The Balaban J connectivity index is 1.87. The van der Waals surface area contributed by atoms with Gasteiger partial charge in [-0.3, -0.25) is 0 Å². The largest absolute Gasteiger partial charge is 0.444 e. The monoisotopic (exact) mass is 332 g/mol. The van der Waals surface area contributed by atoms with Gasteiger partial charge in [0.15, 0.2) is 0 Å². The third kappa shape index (κ3) is 5.82. The predicted molar refractivity (Wildman–Crippen MR) is 98.1 cm³/mol. The van der Waals surface area contributed by atoms with Crippen LogP contribution in [0, 0.1) is 12.8 Å². The van der Waals surface area contributed by atoms with Crippen LogP contribution in [0.25, 0.3) is 0 Å². The van der Waals surface area contributed by atoms with Crippen molar-refractivity contribution in [3.8, 4) is 0 Å². The van der Waals surface area contributed by atoms with E-state index in [0.717, 1.165) is 12.5 Å². The van der Waals surface area contributed by atoms with E-state index < -0.39 is 5.60 Å². The van der Waals surface area contributed by atoms with Crippen LogP contribution >= 0.6 is 0 Å². The first kappa shape index (κ1) is 18.8. The molecule has 24 heavy (non-hydrogen) atoms. The van der Waals surface area contributed by atoms with Crippen LogP contribution in [0.1, 0.15) is 57.7 Å². The summed E-state index contributed by atoms with van der Waals surface area (Å²) < 4.78 is 5.47. The number of aryl methyl sites for hydroxylation is 1. The zero-order chi connectivity index (χ0) is 17.7. The Kier molecular flexibility index (Phi) is 6.27. The SMILES string of the molecule is CCN(CCNC(c1ccc(C)cc1)C1CC1)C(=O)OC(C)(C)C. The number of carbonyl (C=O) groups is 1. The minimum absolute atomic E-state index is 0.231. The topological polar surface area (TPSA) is 41.6 Å². The van der Waals surface area contributed by atoms with Crippen molar-refractivity contribution < 1.29 is 9.53 Å². The summed E-state index contributed by atoms with van der Waals surface area (Å²) in [5, 5.41) is 3.65. The Labute approximate surface area is 146 Å². The van der Waals surface area contributed by atoms with E-state index in [-0.39, 0.29) is 6.09 Å². The number of ether oxygens (including phenoxy) is 1. The number of amides is 1. The quantitative estimate of drug-likeness (QED) is 0.810. The van der Waals surface area contributed by atoms with E-state index in [4.69, 9.17) is 4.74 Å². The smallest absolute Gasteiger partial charge is 0.410 e. The molecule has 1 N–H and O–H groups in total. The first-order chi connectivity index (χ1) is 11.3. The highest BCUT2D eigenvalue weighted by molar-refractivity contribution is 5.68. The molecule has 0 spiro atoms. The number of nitrogens with one attached hydrogen (secondary N) is 1. The van der Waals surface area contributed by atoms with Gasteiger partial charge >= 0.3 is 6.09 Å². The molecule has 1 aromatic rings. The van der Waals surface area contributed by atoms with E-state index in [1.165, 1.54) is 24.0 Å². The predicted octanol–water partition coefficient (Wildman–Crippen LogP) is 4.29. The van der Waals surface area contributed by atoms with E-state index in [1.807, 2.05) is 27.7 Å². The Morgan fingerprint density at radius 1 is 1.29 bits per heavy atom. The molecule has 1 unspecified atom stereocenters. The molecule has 1 fully saturated rings. The number of carbonyl (C=O) groups excluding carboxylic acids is 1. The van der Waals surface area contributed by atoms with Gasteiger partial charge in [-0.25, -0.2) is 4.79 Å². The van der Waals surface area contributed by atoms with Gasteiger partial charge in [-0.15, -0.1) is 0 Å². The number of hydrogen-bond acceptors (Lipinski definition) is 3. The van der Waals surface area contributed by atoms with E-state index in [2.05, 4.69) is 36.5 Å². The van der Waals surface area contributed by atoms with Gasteiger partial charge in [-0.1, -0.05) is 29.8 Å². The van der Waals surface area contributed by atoms with Crippen LogP contribution in [0.5, 0.6) is 0 Å². The molecule has 1 amide bonds. The second kappa shape index (κ2) is 8.02. The van der Waals surface area contributed by atoms with Crippen molar-refractivity contribution in [1.82, 2.24) is 10.2 Å². The minimum atomic E-state index is -0.448. The minimum Gasteiger partial charge on any atom is -0.444 e. The Morgan fingerprint density at radius 3 is 2.42 bits per heavy atom.